The normalized spacial score (nSPS) is 10.9. The first-order valence-electron chi connectivity index (χ1n) is 8.12. The van der Waals surface area contributed by atoms with Gasteiger partial charge in [0.25, 0.3) is 0 Å². The van der Waals surface area contributed by atoms with E-state index >= 15 is 0 Å². The Labute approximate surface area is 141 Å². The third kappa shape index (κ3) is 3.47. The van der Waals surface area contributed by atoms with Gasteiger partial charge in [0, 0.05) is 12.7 Å². The summed E-state index contributed by atoms with van der Waals surface area (Å²) < 4.78 is 5.18. The molecule has 0 saturated heterocycles. The first-order chi connectivity index (χ1) is 11.7. The van der Waals surface area contributed by atoms with Gasteiger partial charge in [-0.1, -0.05) is 43.0 Å². The molecule has 3 rings (SSSR count). The number of benzene rings is 3. The van der Waals surface area contributed by atoms with Gasteiger partial charge in [0.05, 0.1) is 0 Å². The highest BCUT2D eigenvalue weighted by molar-refractivity contribution is 6.08. The zero-order valence-corrected chi connectivity index (χ0v) is 13.5. The molecule has 3 heteroatoms. The number of ether oxygens (including phenoxy) is 1. The van der Waals surface area contributed by atoms with Crippen LogP contribution in [0.4, 0.5) is 0 Å². The van der Waals surface area contributed by atoms with Crippen LogP contribution in [-0.4, -0.2) is 17.7 Å². The van der Waals surface area contributed by atoms with Crippen LogP contribution in [0.3, 0.4) is 0 Å². The quantitative estimate of drug-likeness (QED) is 0.241. The Morgan fingerprint density at radius 1 is 1.00 bits per heavy atom. The molecule has 0 radical (unpaired) electrons. The summed E-state index contributed by atoms with van der Waals surface area (Å²) in [7, 11) is 0. The summed E-state index contributed by atoms with van der Waals surface area (Å²) in [6, 6.07) is 16.3. The van der Waals surface area contributed by atoms with Crippen LogP contribution in [0.2, 0.25) is 0 Å². The fraction of sp³-hybridized carbons (Fsp3) is 0.190. The average molecular weight is 320 g/mol. The van der Waals surface area contributed by atoms with Gasteiger partial charge >= 0.3 is 5.97 Å². The molecule has 0 bridgehead atoms. The molecule has 0 aliphatic carbocycles. The largest absolute Gasteiger partial charge is 0.423 e. The number of unbranched alkanes of at least 4 members (excludes halogenated alkanes) is 1. The molecule has 0 spiro atoms. The van der Waals surface area contributed by atoms with Crippen LogP contribution >= 0.6 is 0 Å². The minimum atomic E-state index is -0.456. The second kappa shape index (κ2) is 7.28. The fourth-order valence-corrected chi connectivity index (χ4v) is 2.92. The Morgan fingerprint density at radius 2 is 1.71 bits per heavy atom. The molecule has 0 aliphatic heterocycles. The first-order valence-corrected chi connectivity index (χ1v) is 8.12. The number of hydrogen-bond donors (Lipinski definition) is 1. The van der Waals surface area contributed by atoms with Crippen molar-refractivity contribution in [3.8, 4) is 5.75 Å². The predicted octanol–water partition coefficient (Wildman–Crippen LogP) is 4.40. The van der Waals surface area contributed by atoms with Gasteiger partial charge < -0.3 is 9.84 Å². The third-order valence-corrected chi connectivity index (χ3v) is 4.13. The Hall–Kier alpha value is -2.65. The van der Waals surface area contributed by atoms with Crippen molar-refractivity contribution in [2.75, 3.05) is 6.61 Å². The van der Waals surface area contributed by atoms with Gasteiger partial charge in [0.15, 0.2) is 0 Å². The van der Waals surface area contributed by atoms with Crippen molar-refractivity contribution in [1.29, 1.82) is 0 Å². The van der Waals surface area contributed by atoms with Crippen molar-refractivity contribution in [3.63, 3.8) is 0 Å². The molecule has 0 atom stereocenters. The molecule has 3 aromatic carbocycles. The molecule has 0 aliphatic rings. The molecule has 3 nitrogen and oxygen atoms in total. The highest BCUT2D eigenvalue weighted by atomic mass is 16.5. The van der Waals surface area contributed by atoms with Crippen molar-refractivity contribution in [2.24, 2.45) is 0 Å². The molecule has 24 heavy (non-hydrogen) atoms. The summed E-state index contributed by atoms with van der Waals surface area (Å²) in [6.45, 7) is 3.65. The van der Waals surface area contributed by atoms with E-state index in [9.17, 15) is 4.79 Å². The lowest BCUT2D eigenvalue weighted by atomic mass is 9.98. The Balaban J connectivity index is 1.95. The molecule has 0 heterocycles. The zero-order chi connectivity index (χ0) is 16.9. The molecule has 0 fully saturated rings. The number of hydrogen-bond acceptors (Lipinski definition) is 3. The van der Waals surface area contributed by atoms with Gasteiger partial charge in [0.1, 0.15) is 5.75 Å². The summed E-state index contributed by atoms with van der Waals surface area (Å²) in [5.74, 6) is 0.0648. The van der Waals surface area contributed by atoms with E-state index in [1.165, 1.54) is 16.3 Å². The van der Waals surface area contributed by atoms with Gasteiger partial charge in [-0.25, -0.2) is 4.79 Å². The highest BCUT2D eigenvalue weighted by Gasteiger charge is 2.05. The maximum absolute atomic E-state index is 11.3. The lowest BCUT2D eigenvalue weighted by Crippen LogP contribution is -2.02. The zero-order valence-electron chi connectivity index (χ0n) is 13.5. The molecular weight excluding hydrogens is 300 g/mol. The van der Waals surface area contributed by atoms with E-state index in [0.29, 0.717) is 5.75 Å². The summed E-state index contributed by atoms with van der Waals surface area (Å²) in [5.41, 5.74) is 1.28. The first kappa shape index (κ1) is 16.2. The van der Waals surface area contributed by atoms with Crippen LogP contribution in [0.5, 0.6) is 5.75 Å². The molecule has 0 unspecified atom stereocenters. The number of carbonyl (C=O) groups is 1. The number of aryl methyl sites for hydroxylation is 1. The number of fused-ring (bicyclic) bond motifs is 3. The van der Waals surface area contributed by atoms with Crippen molar-refractivity contribution in [1.82, 2.24) is 0 Å². The molecule has 1 N–H and O–H groups in total. The predicted molar refractivity (Wildman–Crippen MR) is 97.3 cm³/mol. The SMILES string of the molecule is C=CC(=O)Oc1ccc2c(ccc3cc(CCCCO)ccc32)c1. The third-order valence-electron chi connectivity index (χ3n) is 4.13. The van der Waals surface area contributed by atoms with Crippen LogP contribution < -0.4 is 4.74 Å². The summed E-state index contributed by atoms with van der Waals surface area (Å²) in [5, 5.41) is 13.4. The van der Waals surface area contributed by atoms with E-state index in [1.807, 2.05) is 18.2 Å². The van der Waals surface area contributed by atoms with E-state index < -0.39 is 5.97 Å². The van der Waals surface area contributed by atoms with E-state index in [4.69, 9.17) is 9.84 Å². The van der Waals surface area contributed by atoms with Crippen LogP contribution in [0.1, 0.15) is 18.4 Å². The number of esters is 1. The second-order valence-corrected chi connectivity index (χ2v) is 5.81. The lowest BCUT2D eigenvalue weighted by molar-refractivity contribution is -0.128. The van der Waals surface area contributed by atoms with Gasteiger partial charge in [-0.05, 0) is 58.5 Å². The molecule has 122 valence electrons. The minimum absolute atomic E-state index is 0.247. The van der Waals surface area contributed by atoms with Crippen LogP contribution in [0.15, 0.2) is 61.2 Å². The smallest absolute Gasteiger partial charge is 0.335 e. The number of aliphatic hydroxyl groups is 1. The van der Waals surface area contributed by atoms with E-state index in [2.05, 4.69) is 30.8 Å². The average Bonchev–Trinajstić information content (AvgIpc) is 2.61. The maximum atomic E-state index is 11.3. The van der Waals surface area contributed by atoms with Crippen LogP contribution in [-0.2, 0) is 11.2 Å². The standard InChI is InChI=1S/C21H20O3/c1-2-21(23)24-18-9-11-20-17(14-18)8-7-16-13-15(5-3-4-12-22)6-10-19(16)20/h2,6-11,13-14,22H,1,3-5,12H2. The van der Waals surface area contributed by atoms with Crippen LogP contribution in [0, 0.1) is 0 Å². The van der Waals surface area contributed by atoms with Crippen molar-refractivity contribution < 1.29 is 14.6 Å². The van der Waals surface area contributed by atoms with E-state index in [-0.39, 0.29) is 6.61 Å². The second-order valence-electron chi connectivity index (χ2n) is 5.81. The summed E-state index contributed by atoms with van der Waals surface area (Å²) >= 11 is 0. The van der Waals surface area contributed by atoms with Crippen molar-refractivity contribution >= 4 is 27.5 Å². The lowest BCUT2D eigenvalue weighted by Gasteiger charge is -2.08. The number of rotatable bonds is 6. The molecule has 0 saturated carbocycles. The fourth-order valence-electron chi connectivity index (χ4n) is 2.92. The van der Waals surface area contributed by atoms with Gasteiger partial charge in [-0.15, -0.1) is 0 Å². The Bertz CT molecular complexity index is 896. The molecule has 0 amide bonds. The van der Waals surface area contributed by atoms with E-state index in [1.54, 1.807) is 6.07 Å². The highest BCUT2D eigenvalue weighted by Crippen LogP contribution is 2.29. The Kier molecular flexibility index (Phi) is 4.92. The van der Waals surface area contributed by atoms with Crippen molar-refractivity contribution in [3.05, 3.63) is 66.7 Å². The monoisotopic (exact) mass is 320 g/mol. The van der Waals surface area contributed by atoms with Gasteiger partial charge in [-0.3, -0.25) is 0 Å². The number of aliphatic hydroxyl groups excluding tert-OH is 1. The minimum Gasteiger partial charge on any atom is -0.423 e. The molecule has 3 aromatic rings. The number of carbonyl (C=O) groups excluding carboxylic acids is 1. The Morgan fingerprint density at radius 3 is 2.42 bits per heavy atom. The molecular formula is C21H20O3. The topological polar surface area (TPSA) is 46.5 Å². The maximum Gasteiger partial charge on any atom is 0.335 e. The molecule has 0 aromatic heterocycles. The summed E-state index contributed by atoms with van der Waals surface area (Å²) in [4.78, 5) is 11.3. The summed E-state index contributed by atoms with van der Waals surface area (Å²) in [6.07, 6.45) is 3.96. The van der Waals surface area contributed by atoms with Crippen molar-refractivity contribution in [2.45, 2.75) is 19.3 Å². The van der Waals surface area contributed by atoms with Crippen LogP contribution in [0.25, 0.3) is 21.5 Å². The van der Waals surface area contributed by atoms with Gasteiger partial charge in [0.2, 0.25) is 0 Å². The van der Waals surface area contributed by atoms with E-state index in [0.717, 1.165) is 36.1 Å². The van der Waals surface area contributed by atoms with Gasteiger partial charge in [-0.2, -0.15) is 0 Å².